The number of anilines is 1. The Morgan fingerprint density at radius 3 is 2.64 bits per heavy atom. The van der Waals surface area contributed by atoms with Crippen LogP contribution in [0.25, 0.3) is 0 Å². The Kier molecular flexibility index (Phi) is 3.30. The van der Waals surface area contributed by atoms with E-state index in [1.54, 1.807) is 13.3 Å². The van der Waals surface area contributed by atoms with Crippen LogP contribution in [0.3, 0.4) is 0 Å². The maximum atomic E-state index is 5.82. The third-order valence-electron chi connectivity index (χ3n) is 1.70. The molecule has 0 aliphatic carbocycles. The maximum Gasteiger partial charge on any atom is 0.137 e. The van der Waals surface area contributed by atoms with E-state index in [0.717, 1.165) is 11.6 Å². The molecule has 1 aromatic heterocycles. The van der Waals surface area contributed by atoms with E-state index in [1.807, 2.05) is 26.0 Å². The standard InChI is InChI=1S/C10H17N3O/c1-10(2,11)7-13-9-5-4-8(14-3)6-12-9/h4-6H,7,11H2,1-3H3,(H,12,13). The minimum atomic E-state index is -0.235. The van der Waals surface area contributed by atoms with Crippen molar-refractivity contribution in [3.63, 3.8) is 0 Å². The quantitative estimate of drug-likeness (QED) is 0.758. The van der Waals surface area contributed by atoms with Gasteiger partial charge < -0.3 is 15.8 Å². The molecule has 0 unspecified atom stereocenters. The number of hydrogen-bond acceptors (Lipinski definition) is 4. The SMILES string of the molecule is COc1ccc(NCC(C)(C)N)nc1. The number of methoxy groups -OCH3 is 1. The second kappa shape index (κ2) is 4.28. The number of hydrogen-bond donors (Lipinski definition) is 2. The molecule has 4 nitrogen and oxygen atoms in total. The largest absolute Gasteiger partial charge is 0.495 e. The molecule has 14 heavy (non-hydrogen) atoms. The summed E-state index contributed by atoms with van der Waals surface area (Å²) in [4.78, 5) is 4.16. The molecule has 0 saturated carbocycles. The van der Waals surface area contributed by atoms with Crippen molar-refractivity contribution in [3.05, 3.63) is 18.3 Å². The fraction of sp³-hybridized carbons (Fsp3) is 0.500. The van der Waals surface area contributed by atoms with Gasteiger partial charge in [-0.05, 0) is 26.0 Å². The zero-order valence-corrected chi connectivity index (χ0v) is 8.87. The van der Waals surface area contributed by atoms with E-state index >= 15 is 0 Å². The Morgan fingerprint density at radius 2 is 2.21 bits per heavy atom. The van der Waals surface area contributed by atoms with Crippen molar-refractivity contribution < 1.29 is 4.74 Å². The molecule has 0 aromatic carbocycles. The number of nitrogens with zero attached hydrogens (tertiary/aromatic N) is 1. The smallest absolute Gasteiger partial charge is 0.137 e. The molecule has 78 valence electrons. The summed E-state index contributed by atoms with van der Waals surface area (Å²) in [5.41, 5.74) is 5.59. The Morgan fingerprint density at radius 1 is 1.50 bits per heavy atom. The zero-order chi connectivity index (χ0) is 10.6. The predicted molar refractivity (Wildman–Crippen MR) is 57.5 cm³/mol. The van der Waals surface area contributed by atoms with Crippen LogP contribution in [0, 0.1) is 0 Å². The number of pyridine rings is 1. The second-order valence-electron chi connectivity index (χ2n) is 3.93. The first-order chi connectivity index (χ1) is 6.51. The van der Waals surface area contributed by atoms with Gasteiger partial charge in [-0.2, -0.15) is 0 Å². The molecular formula is C10H17N3O. The molecule has 1 rings (SSSR count). The van der Waals surface area contributed by atoms with Gasteiger partial charge in [0.15, 0.2) is 0 Å². The summed E-state index contributed by atoms with van der Waals surface area (Å²) in [5, 5.41) is 3.14. The first-order valence-corrected chi connectivity index (χ1v) is 4.54. The van der Waals surface area contributed by atoms with E-state index in [1.165, 1.54) is 0 Å². The van der Waals surface area contributed by atoms with Crippen molar-refractivity contribution in [1.29, 1.82) is 0 Å². The highest BCUT2D eigenvalue weighted by molar-refractivity contribution is 5.37. The van der Waals surface area contributed by atoms with E-state index in [4.69, 9.17) is 10.5 Å². The van der Waals surface area contributed by atoms with Crippen LogP contribution in [0.2, 0.25) is 0 Å². The first kappa shape index (κ1) is 10.8. The molecule has 0 aliphatic heterocycles. The fourth-order valence-corrected chi connectivity index (χ4v) is 0.924. The van der Waals surface area contributed by atoms with Gasteiger partial charge in [-0.25, -0.2) is 4.98 Å². The van der Waals surface area contributed by atoms with E-state index < -0.39 is 0 Å². The Balaban J connectivity index is 2.52. The van der Waals surface area contributed by atoms with Crippen molar-refractivity contribution in [2.45, 2.75) is 19.4 Å². The summed E-state index contributed by atoms with van der Waals surface area (Å²) in [7, 11) is 1.62. The summed E-state index contributed by atoms with van der Waals surface area (Å²) in [5.74, 6) is 1.56. The van der Waals surface area contributed by atoms with Crippen molar-refractivity contribution in [1.82, 2.24) is 4.98 Å². The van der Waals surface area contributed by atoms with Gasteiger partial charge in [0.05, 0.1) is 13.3 Å². The molecule has 0 atom stereocenters. The molecule has 1 aromatic rings. The highest BCUT2D eigenvalue weighted by atomic mass is 16.5. The lowest BCUT2D eigenvalue weighted by atomic mass is 10.1. The number of nitrogens with one attached hydrogen (secondary N) is 1. The summed E-state index contributed by atoms with van der Waals surface area (Å²) >= 11 is 0. The number of rotatable bonds is 4. The van der Waals surface area contributed by atoms with Gasteiger partial charge in [0.25, 0.3) is 0 Å². The van der Waals surface area contributed by atoms with Gasteiger partial charge in [0.1, 0.15) is 11.6 Å². The highest BCUT2D eigenvalue weighted by Gasteiger charge is 2.09. The van der Waals surface area contributed by atoms with Crippen LogP contribution in [0.4, 0.5) is 5.82 Å². The average Bonchev–Trinajstić information content (AvgIpc) is 2.14. The average molecular weight is 195 g/mol. The summed E-state index contributed by atoms with van der Waals surface area (Å²) in [6, 6.07) is 3.73. The molecule has 1 heterocycles. The molecule has 0 spiro atoms. The maximum absolute atomic E-state index is 5.82. The number of ether oxygens (including phenoxy) is 1. The van der Waals surface area contributed by atoms with Crippen LogP contribution < -0.4 is 15.8 Å². The van der Waals surface area contributed by atoms with Gasteiger partial charge >= 0.3 is 0 Å². The lowest BCUT2D eigenvalue weighted by Gasteiger charge is -2.19. The fourth-order valence-electron chi connectivity index (χ4n) is 0.924. The minimum absolute atomic E-state index is 0.235. The van der Waals surface area contributed by atoms with E-state index in [0.29, 0.717) is 6.54 Å². The summed E-state index contributed by atoms with van der Waals surface area (Å²) < 4.78 is 5.00. The van der Waals surface area contributed by atoms with Crippen LogP contribution in [0.5, 0.6) is 5.75 Å². The lowest BCUT2D eigenvalue weighted by Crippen LogP contribution is -2.39. The van der Waals surface area contributed by atoms with Crippen LogP contribution in [0.15, 0.2) is 18.3 Å². The predicted octanol–water partition coefficient (Wildman–Crippen LogP) is 1.24. The molecule has 0 saturated heterocycles. The summed E-state index contributed by atoms with van der Waals surface area (Å²) in [6.45, 7) is 4.61. The molecule has 0 radical (unpaired) electrons. The van der Waals surface area contributed by atoms with Gasteiger partial charge in [-0.1, -0.05) is 0 Å². The molecule has 0 bridgehead atoms. The van der Waals surface area contributed by atoms with E-state index in [-0.39, 0.29) is 5.54 Å². The van der Waals surface area contributed by atoms with Gasteiger partial charge in [0.2, 0.25) is 0 Å². The van der Waals surface area contributed by atoms with Crippen molar-refractivity contribution >= 4 is 5.82 Å². The normalized spacial score (nSPS) is 11.1. The first-order valence-electron chi connectivity index (χ1n) is 4.54. The molecule has 0 aliphatic rings. The lowest BCUT2D eigenvalue weighted by molar-refractivity contribution is 0.413. The molecule has 4 heteroatoms. The zero-order valence-electron chi connectivity index (χ0n) is 8.87. The Bertz CT molecular complexity index is 276. The minimum Gasteiger partial charge on any atom is -0.495 e. The molecule has 3 N–H and O–H groups in total. The van der Waals surface area contributed by atoms with Gasteiger partial charge in [-0.3, -0.25) is 0 Å². The van der Waals surface area contributed by atoms with Crippen LogP contribution in [-0.2, 0) is 0 Å². The third kappa shape index (κ3) is 3.62. The van der Waals surface area contributed by atoms with Crippen LogP contribution in [-0.4, -0.2) is 24.2 Å². The van der Waals surface area contributed by atoms with Gasteiger partial charge in [0, 0.05) is 12.1 Å². The molecule has 0 amide bonds. The Labute approximate surface area is 84.5 Å². The van der Waals surface area contributed by atoms with E-state index in [2.05, 4.69) is 10.3 Å². The Hall–Kier alpha value is -1.29. The second-order valence-corrected chi connectivity index (χ2v) is 3.93. The van der Waals surface area contributed by atoms with Crippen LogP contribution >= 0.6 is 0 Å². The molecule has 0 fully saturated rings. The highest BCUT2D eigenvalue weighted by Crippen LogP contribution is 2.11. The van der Waals surface area contributed by atoms with Gasteiger partial charge in [-0.15, -0.1) is 0 Å². The van der Waals surface area contributed by atoms with Crippen molar-refractivity contribution in [2.24, 2.45) is 5.73 Å². The summed E-state index contributed by atoms with van der Waals surface area (Å²) in [6.07, 6.45) is 1.67. The topological polar surface area (TPSA) is 60.2 Å². The number of aromatic nitrogens is 1. The van der Waals surface area contributed by atoms with Crippen molar-refractivity contribution in [3.8, 4) is 5.75 Å². The monoisotopic (exact) mass is 195 g/mol. The third-order valence-corrected chi connectivity index (χ3v) is 1.70. The molecular weight excluding hydrogens is 178 g/mol. The van der Waals surface area contributed by atoms with Crippen LogP contribution in [0.1, 0.15) is 13.8 Å². The van der Waals surface area contributed by atoms with E-state index in [9.17, 15) is 0 Å². The van der Waals surface area contributed by atoms with Crippen molar-refractivity contribution in [2.75, 3.05) is 19.0 Å². The number of nitrogens with two attached hydrogens (primary N) is 1.